The normalized spacial score (nSPS) is 15.7. The Labute approximate surface area is 198 Å². The highest BCUT2D eigenvalue weighted by molar-refractivity contribution is 5.76. The highest BCUT2D eigenvalue weighted by Gasteiger charge is 2.34. The van der Waals surface area contributed by atoms with Crippen molar-refractivity contribution in [2.45, 2.75) is 59.2 Å². The van der Waals surface area contributed by atoms with Crippen molar-refractivity contribution in [2.75, 3.05) is 33.9 Å². The quantitative estimate of drug-likeness (QED) is 0.625. The molecule has 0 spiro atoms. The van der Waals surface area contributed by atoms with Crippen LogP contribution in [0, 0.1) is 6.92 Å². The molecule has 0 radical (unpaired) electrons. The van der Waals surface area contributed by atoms with Crippen LogP contribution in [-0.2, 0) is 6.42 Å². The molecular weight excluding hydrogens is 414 g/mol. The summed E-state index contributed by atoms with van der Waals surface area (Å²) >= 11 is 0. The average Bonchev–Trinajstić information content (AvgIpc) is 2.79. The Bertz CT molecular complexity index is 950. The van der Waals surface area contributed by atoms with Gasteiger partial charge in [-0.05, 0) is 75.4 Å². The van der Waals surface area contributed by atoms with E-state index in [1.807, 2.05) is 23.1 Å². The lowest BCUT2D eigenvalue weighted by Crippen LogP contribution is -2.49. The summed E-state index contributed by atoms with van der Waals surface area (Å²) in [7, 11) is 3.30. The molecule has 1 atom stereocenters. The van der Waals surface area contributed by atoms with Crippen molar-refractivity contribution in [1.82, 2.24) is 15.1 Å². The van der Waals surface area contributed by atoms with E-state index in [2.05, 4.69) is 63.0 Å². The molecule has 1 aliphatic heterocycles. The van der Waals surface area contributed by atoms with Gasteiger partial charge in [0, 0.05) is 31.7 Å². The van der Waals surface area contributed by atoms with Crippen molar-refractivity contribution in [2.24, 2.45) is 0 Å². The molecule has 1 unspecified atom stereocenters. The predicted molar refractivity (Wildman–Crippen MR) is 133 cm³/mol. The van der Waals surface area contributed by atoms with Gasteiger partial charge in [-0.3, -0.25) is 4.90 Å². The number of methoxy groups -OCH3 is 2. The third-order valence-corrected chi connectivity index (χ3v) is 6.59. The van der Waals surface area contributed by atoms with E-state index >= 15 is 0 Å². The van der Waals surface area contributed by atoms with Crippen LogP contribution in [0.5, 0.6) is 11.5 Å². The van der Waals surface area contributed by atoms with E-state index in [0.29, 0.717) is 30.9 Å². The Morgan fingerprint density at radius 2 is 1.70 bits per heavy atom. The fourth-order valence-corrected chi connectivity index (χ4v) is 4.90. The van der Waals surface area contributed by atoms with Crippen molar-refractivity contribution in [1.29, 1.82) is 0 Å². The van der Waals surface area contributed by atoms with Gasteiger partial charge in [0.1, 0.15) is 0 Å². The molecule has 0 bridgehead atoms. The molecule has 0 aliphatic carbocycles. The standard InChI is InChI=1S/C27H39N3O3/c1-18(2)29(19(3)4)15-13-28-27(31)30-14-12-21-16-24(32-6)25(33-7)17-23(21)26(30)22-11-9-8-10-20(22)5/h8-11,16-19,26H,12-15H2,1-7H3,(H,28,31). The second-order valence-corrected chi connectivity index (χ2v) is 9.27. The van der Waals surface area contributed by atoms with Gasteiger partial charge in [-0.15, -0.1) is 0 Å². The fourth-order valence-electron chi connectivity index (χ4n) is 4.90. The van der Waals surface area contributed by atoms with Crippen LogP contribution >= 0.6 is 0 Å². The van der Waals surface area contributed by atoms with Crippen LogP contribution in [0.1, 0.15) is 56.0 Å². The fraction of sp³-hybridized carbons (Fsp3) is 0.519. The van der Waals surface area contributed by atoms with Crippen LogP contribution in [-0.4, -0.2) is 61.8 Å². The zero-order valence-electron chi connectivity index (χ0n) is 21.1. The van der Waals surface area contributed by atoms with E-state index in [-0.39, 0.29) is 12.1 Å². The molecule has 180 valence electrons. The molecule has 1 heterocycles. The molecule has 33 heavy (non-hydrogen) atoms. The monoisotopic (exact) mass is 453 g/mol. The van der Waals surface area contributed by atoms with Crippen molar-refractivity contribution in [3.63, 3.8) is 0 Å². The van der Waals surface area contributed by atoms with Gasteiger partial charge < -0.3 is 19.7 Å². The number of fused-ring (bicyclic) bond motifs is 1. The lowest BCUT2D eigenvalue weighted by molar-refractivity contribution is 0.162. The Balaban J connectivity index is 1.92. The molecule has 6 nitrogen and oxygen atoms in total. The summed E-state index contributed by atoms with van der Waals surface area (Å²) < 4.78 is 11.1. The number of urea groups is 1. The largest absolute Gasteiger partial charge is 0.493 e. The second kappa shape index (κ2) is 10.9. The van der Waals surface area contributed by atoms with Crippen molar-refractivity contribution in [3.8, 4) is 11.5 Å². The predicted octanol–water partition coefficient (Wildman–Crippen LogP) is 4.79. The van der Waals surface area contributed by atoms with E-state index in [4.69, 9.17) is 9.47 Å². The Morgan fingerprint density at radius 1 is 1.06 bits per heavy atom. The minimum Gasteiger partial charge on any atom is -0.493 e. The molecule has 2 aromatic carbocycles. The number of carbonyl (C=O) groups excluding carboxylic acids is 1. The lowest BCUT2D eigenvalue weighted by Gasteiger charge is -2.39. The first-order valence-electron chi connectivity index (χ1n) is 11.9. The molecule has 3 rings (SSSR count). The Morgan fingerprint density at radius 3 is 2.30 bits per heavy atom. The molecule has 0 fully saturated rings. The van der Waals surface area contributed by atoms with Gasteiger partial charge in [-0.2, -0.15) is 0 Å². The molecule has 0 saturated heterocycles. The summed E-state index contributed by atoms with van der Waals surface area (Å²) in [5.41, 5.74) is 4.57. The van der Waals surface area contributed by atoms with Crippen molar-refractivity contribution < 1.29 is 14.3 Å². The molecule has 2 amide bonds. The summed E-state index contributed by atoms with van der Waals surface area (Å²) in [4.78, 5) is 17.8. The highest BCUT2D eigenvalue weighted by atomic mass is 16.5. The lowest BCUT2D eigenvalue weighted by atomic mass is 9.86. The van der Waals surface area contributed by atoms with Crippen LogP contribution in [0.2, 0.25) is 0 Å². The van der Waals surface area contributed by atoms with Crippen LogP contribution in [0.25, 0.3) is 0 Å². The van der Waals surface area contributed by atoms with Crippen LogP contribution in [0.15, 0.2) is 36.4 Å². The molecule has 2 aromatic rings. The van der Waals surface area contributed by atoms with Crippen LogP contribution < -0.4 is 14.8 Å². The van der Waals surface area contributed by atoms with Gasteiger partial charge in [-0.25, -0.2) is 4.79 Å². The molecule has 1 N–H and O–H groups in total. The minimum absolute atomic E-state index is 0.0313. The molecule has 1 aliphatic rings. The maximum atomic E-state index is 13.4. The minimum atomic E-state index is -0.180. The molecule has 6 heteroatoms. The third kappa shape index (κ3) is 5.44. The highest BCUT2D eigenvalue weighted by Crippen LogP contribution is 2.41. The first-order valence-corrected chi connectivity index (χ1v) is 11.9. The van der Waals surface area contributed by atoms with Gasteiger partial charge in [0.05, 0.1) is 20.3 Å². The Hall–Kier alpha value is -2.73. The second-order valence-electron chi connectivity index (χ2n) is 9.27. The van der Waals surface area contributed by atoms with Crippen LogP contribution in [0.4, 0.5) is 4.79 Å². The average molecular weight is 454 g/mol. The molecule has 0 aromatic heterocycles. The maximum Gasteiger partial charge on any atom is 0.318 e. The number of aryl methyl sites for hydroxylation is 1. The first kappa shape index (κ1) is 24.9. The number of amides is 2. The molecule has 0 saturated carbocycles. The zero-order chi connectivity index (χ0) is 24.1. The molecular formula is C27H39N3O3. The van der Waals surface area contributed by atoms with Gasteiger partial charge in [0.2, 0.25) is 0 Å². The summed E-state index contributed by atoms with van der Waals surface area (Å²) in [6, 6.07) is 13.0. The van der Waals surface area contributed by atoms with Crippen molar-refractivity contribution >= 4 is 6.03 Å². The number of nitrogens with one attached hydrogen (secondary N) is 1. The third-order valence-electron chi connectivity index (χ3n) is 6.59. The van der Waals surface area contributed by atoms with E-state index < -0.39 is 0 Å². The number of hydrogen-bond acceptors (Lipinski definition) is 4. The Kier molecular flexibility index (Phi) is 8.25. The van der Waals surface area contributed by atoms with Gasteiger partial charge in [0.25, 0.3) is 0 Å². The summed E-state index contributed by atoms with van der Waals surface area (Å²) in [6.07, 6.45) is 0.773. The summed E-state index contributed by atoms with van der Waals surface area (Å²) in [5.74, 6) is 1.40. The van der Waals surface area contributed by atoms with E-state index in [0.717, 1.165) is 35.4 Å². The van der Waals surface area contributed by atoms with E-state index in [9.17, 15) is 4.79 Å². The number of ether oxygens (including phenoxy) is 2. The SMILES string of the molecule is COc1cc2c(cc1OC)C(c1ccccc1C)N(C(=O)NCCN(C(C)C)C(C)C)CC2. The van der Waals surface area contributed by atoms with Gasteiger partial charge in [0.15, 0.2) is 11.5 Å². The van der Waals surface area contributed by atoms with Gasteiger partial charge in [-0.1, -0.05) is 24.3 Å². The summed E-state index contributed by atoms with van der Waals surface area (Å²) in [6.45, 7) is 13.0. The zero-order valence-corrected chi connectivity index (χ0v) is 21.1. The summed E-state index contributed by atoms with van der Waals surface area (Å²) in [5, 5.41) is 3.18. The topological polar surface area (TPSA) is 54.0 Å². The number of nitrogens with zero attached hydrogens (tertiary/aromatic N) is 2. The number of hydrogen-bond donors (Lipinski definition) is 1. The first-order chi connectivity index (χ1) is 15.8. The number of benzene rings is 2. The van der Waals surface area contributed by atoms with Crippen LogP contribution in [0.3, 0.4) is 0 Å². The van der Waals surface area contributed by atoms with Crippen molar-refractivity contribution in [3.05, 3.63) is 58.7 Å². The number of rotatable bonds is 8. The number of carbonyl (C=O) groups is 1. The maximum absolute atomic E-state index is 13.4. The van der Waals surface area contributed by atoms with Gasteiger partial charge >= 0.3 is 6.03 Å². The van der Waals surface area contributed by atoms with E-state index in [1.165, 1.54) is 5.56 Å². The van der Waals surface area contributed by atoms with E-state index in [1.54, 1.807) is 14.2 Å². The smallest absolute Gasteiger partial charge is 0.318 e.